The number of hydrogen-bond acceptors (Lipinski definition) is 5. The molecule has 2 amide bonds. The lowest BCUT2D eigenvalue weighted by Gasteiger charge is -2.23. The van der Waals surface area contributed by atoms with Crippen LogP contribution in [0.2, 0.25) is 0 Å². The maximum Gasteiger partial charge on any atom is 0.405 e. The van der Waals surface area contributed by atoms with Gasteiger partial charge in [0.2, 0.25) is 15.9 Å². The summed E-state index contributed by atoms with van der Waals surface area (Å²) in [5.74, 6) is -0.273. The summed E-state index contributed by atoms with van der Waals surface area (Å²) in [6.07, 6.45) is 0.640. The molecule has 1 aromatic carbocycles. The first-order valence-corrected chi connectivity index (χ1v) is 11.4. The van der Waals surface area contributed by atoms with Gasteiger partial charge in [0.25, 0.3) is 0 Å². The highest BCUT2D eigenvalue weighted by atomic mass is 32.2. The Balaban J connectivity index is 2.06. The molecule has 1 fully saturated rings. The van der Waals surface area contributed by atoms with Crippen LogP contribution >= 0.6 is 0 Å². The molecule has 164 valence electrons. The summed E-state index contributed by atoms with van der Waals surface area (Å²) in [7, 11) is -3.82. The molecular formula is C20H28N4O5S. The van der Waals surface area contributed by atoms with Gasteiger partial charge in [0.1, 0.15) is 12.1 Å². The van der Waals surface area contributed by atoms with Gasteiger partial charge in [-0.15, -0.1) is 0 Å². The van der Waals surface area contributed by atoms with Crippen molar-refractivity contribution < 1.29 is 23.1 Å². The van der Waals surface area contributed by atoms with E-state index in [2.05, 4.69) is 10.6 Å². The summed E-state index contributed by atoms with van der Waals surface area (Å²) < 4.78 is 27.4. The van der Waals surface area contributed by atoms with Gasteiger partial charge in [0, 0.05) is 19.1 Å². The largest absolute Gasteiger partial charge is 0.465 e. The summed E-state index contributed by atoms with van der Waals surface area (Å²) in [4.78, 5) is 23.6. The van der Waals surface area contributed by atoms with Crippen molar-refractivity contribution in [3.8, 4) is 6.07 Å². The molecule has 0 saturated carbocycles. The van der Waals surface area contributed by atoms with E-state index in [4.69, 9.17) is 5.11 Å². The Kier molecular flexibility index (Phi) is 8.20. The number of nitrogens with zero attached hydrogens (tertiary/aromatic N) is 2. The highest BCUT2D eigenvalue weighted by molar-refractivity contribution is 7.89. The number of carbonyl (C=O) groups is 2. The SMILES string of the molecule is CC(C)C[C@H](NC(=O)O)C(=O)NC1CCCN(S(=O)(=O)c2ccccc2C#N)CC1. The summed E-state index contributed by atoms with van der Waals surface area (Å²) in [6, 6.07) is 6.90. The molecule has 1 aliphatic heterocycles. The number of sulfonamides is 1. The van der Waals surface area contributed by atoms with Gasteiger partial charge in [0.05, 0.1) is 10.5 Å². The van der Waals surface area contributed by atoms with Crippen LogP contribution in [0.4, 0.5) is 4.79 Å². The zero-order chi connectivity index (χ0) is 22.3. The fourth-order valence-electron chi connectivity index (χ4n) is 3.53. The Labute approximate surface area is 177 Å². The molecule has 1 unspecified atom stereocenters. The quantitative estimate of drug-likeness (QED) is 0.596. The number of nitriles is 1. The lowest BCUT2D eigenvalue weighted by Crippen LogP contribution is -2.50. The number of amides is 2. The molecular weight excluding hydrogens is 408 g/mol. The van der Waals surface area contributed by atoms with Crippen LogP contribution in [0.3, 0.4) is 0 Å². The normalized spacial score (nSPS) is 18.8. The van der Waals surface area contributed by atoms with Crippen LogP contribution in [0.5, 0.6) is 0 Å². The van der Waals surface area contributed by atoms with Crippen LogP contribution < -0.4 is 10.6 Å². The van der Waals surface area contributed by atoms with E-state index in [0.717, 1.165) is 0 Å². The summed E-state index contributed by atoms with van der Waals surface area (Å²) in [6.45, 7) is 4.29. The zero-order valence-corrected chi connectivity index (χ0v) is 18.0. The summed E-state index contributed by atoms with van der Waals surface area (Å²) in [5, 5.41) is 23.3. The van der Waals surface area contributed by atoms with E-state index < -0.39 is 28.1 Å². The van der Waals surface area contributed by atoms with E-state index >= 15 is 0 Å². The minimum atomic E-state index is -3.82. The molecule has 0 spiro atoms. The van der Waals surface area contributed by atoms with E-state index in [-0.39, 0.29) is 35.5 Å². The second-order valence-corrected chi connectivity index (χ2v) is 9.69. The minimum Gasteiger partial charge on any atom is -0.465 e. The first-order chi connectivity index (χ1) is 14.1. The highest BCUT2D eigenvalue weighted by Gasteiger charge is 2.31. The Morgan fingerprint density at radius 3 is 2.60 bits per heavy atom. The smallest absolute Gasteiger partial charge is 0.405 e. The third kappa shape index (κ3) is 6.18. The number of benzene rings is 1. The van der Waals surface area contributed by atoms with Crippen molar-refractivity contribution in [1.29, 1.82) is 5.26 Å². The van der Waals surface area contributed by atoms with Gasteiger partial charge >= 0.3 is 6.09 Å². The van der Waals surface area contributed by atoms with Crippen LogP contribution in [0.1, 0.15) is 45.1 Å². The monoisotopic (exact) mass is 436 g/mol. The predicted octanol–water partition coefficient (Wildman–Crippen LogP) is 1.90. The molecule has 1 saturated heterocycles. The van der Waals surface area contributed by atoms with Gasteiger partial charge in [-0.2, -0.15) is 9.57 Å². The number of nitrogens with one attached hydrogen (secondary N) is 2. The average molecular weight is 437 g/mol. The van der Waals surface area contributed by atoms with Crippen LogP contribution in [0.15, 0.2) is 29.2 Å². The van der Waals surface area contributed by atoms with E-state index in [9.17, 15) is 23.3 Å². The molecule has 1 aliphatic rings. The van der Waals surface area contributed by atoms with Crippen LogP contribution in [0.25, 0.3) is 0 Å². The second kappa shape index (κ2) is 10.4. The molecule has 9 nitrogen and oxygen atoms in total. The number of hydrogen-bond donors (Lipinski definition) is 3. The first-order valence-electron chi connectivity index (χ1n) is 9.94. The molecule has 2 rings (SSSR count). The number of carbonyl (C=O) groups excluding carboxylic acids is 1. The van der Waals surface area contributed by atoms with E-state index in [0.29, 0.717) is 25.7 Å². The van der Waals surface area contributed by atoms with Crippen molar-refractivity contribution in [2.24, 2.45) is 5.92 Å². The molecule has 0 bridgehead atoms. The van der Waals surface area contributed by atoms with Gasteiger partial charge in [-0.25, -0.2) is 13.2 Å². The maximum atomic E-state index is 13.0. The van der Waals surface area contributed by atoms with Gasteiger partial charge in [-0.1, -0.05) is 26.0 Å². The van der Waals surface area contributed by atoms with Crippen LogP contribution in [-0.4, -0.2) is 55.0 Å². The lowest BCUT2D eigenvalue weighted by atomic mass is 10.0. The summed E-state index contributed by atoms with van der Waals surface area (Å²) in [5.41, 5.74) is 0.0999. The molecule has 30 heavy (non-hydrogen) atoms. The topological polar surface area (TPSA) is 140 Å². The van der Waals surface area contributed by atoms with Gasteiger partial charge in [-0.05, 0) is 43.7 Å². The van der Waals surface area contributed by atoms with Crippen molar-refractivity contribution in [1.82, 2.24) is 14.9 Å². The number of rotatable bonds is 7. The number of carboxylic acid groups (broad SMARTS) is 1. The standard InChI is InChI=1S/C20H28N4O5S/c1-14(2)12-17(23-20(26)27)19(25)22-16-7-5-10-24(11-9-16)30(28,29)18-8-4-3-6-15(18)13-21/h3-4,6,8,14,16-17,23H,5,7,9-12H2,1-2H3,(H,22,25)(H,26,27)/t16?,17-/m0/s1. The fourth-order valence-corrected chi connectivity index (χ4v) is 5.17. The van der Waals surface area contributed by atoms with E-state index in [1.165, 1.54) is 16.4 Å². The van der Waals surface area contributed by atoms with Crippen LogP contribution in [-0.2, 0) is 14.8 Å². The lowest BCUT2D eigenvalue weighted by molar-refractivity contribution is -0.124. The predicted molar refractivity (Wildman–Crippen MR) is 110 cm³/mol. The molecule has 3 N–H and O–H groups in total. The molecule has 0 radical (unpaired) electrons. The Morgan fingerprint density at radius 1 is 1.27 bits per heavy atom. The average Bonchev–Trinajstić information content (AvgIpc) is 2.92. The van der Waals surface area contributed by atoms with Crippen molar-refractivity contribution >= 4 is 22.0 Å². The van der Waals surface area contributed by atoms with Crippen LogP contribution in [0, 0.1) is 17.2 Å². The maximum absolute atomic E-state index is 13.0. The fraction of sp³-hybridized carbons (Fsp3) is 0.550. The molecule has 0 aromatic heterocycles. The molecule has 1 aromatic rings. The third-order valence-corrected chi connectivity index (χ3v) is 6.94. The molecule has 0 aliphatic carbocycles. The molecule has 10 heteroatoms. The highest BCUT2D eigenvalue weighted by Crippen LogP contribution is 2.23. The van der Waals surface area contributed by atoms with Gasteiger partial charge in [-0.3, -0.25) is 4.79 Å². The Morgan fingerprint density at radius 2 is 1.97 bits per heavy atom. The minimum absolute atomic E-state index is 0.0161. The van der Waals surface area contributed by atoms with Crippen molar-refractivity contribution in [3.63, 3.8) is 0 Å². The Hall–Kier alpha value is -2.64. The first kappa shape index (κ1) is 23.6. The van der Waals surface area contributed by atoms with Gasteiger partial charge < -0.3 is 15.7 Å². The molecule has 2 atom stereocenters. The van der Waals surface area contributed by atoms with E-state index in [1.807, 2.05) is 19.9 Å². The zero-order valence-electron chi connectivity index (χ0n) is 17.2. The van der Waals surface area contributed by atoms with E-state index in [1.54, 1.807) is 12.1 Å². The Bertz CT molecular complexity index is 910. The molecule has 1 heterocycles. The van der Waals surface area contributed by atoms with Crippen molar-refractivity contribution in [2.75, 3.05) is 13.1 Å². The third-order valence-electron chi connectivity index (χ3n) is 4.98. The van der Waals surface area contributed by atoms with Crippen molar-refractivity contribution in [2.45, 2.75) is 56.5 Å². The van der Waals surface area contributed by atoms with Crippen molar-refractivity contribution in [3.05, 3.63) is 29.8 Å². The van der Waals surface area contributed by atoms with Gasteiger partial charge in [0.15, 0.2) is 0 Å². The summed E-state index contributed by atoms with van der Waals surface area (Å²) >= 11 is 0. The second-order valence-electron chi connectivity index (χ2n) is 7.78.